The molecule has 2 rings (SSSR count). The van der Waals surface area contributed by atoms with Crippen molar-refractivity contribution >= 4 is 28.6 Å². The standard InChI is InChI=1S/C14H15N3O4/c1-21-12(13(18)19)8-16-14(20)17-10-6-9-4-2-3-5-11(9)15-7-10/h2-7,12H,8H2,1H3,(H,18,19)(H2,16,17,20). The van der Waals surface area contributed by atoms with Gasteiger partial charge in [-0.15, -0.1) is 0 Å². The fourth-order valence-electron chi connectivity index (χ4n) is 1.77. The summed E-state index contributed by atoms with van der Waals surface area (Å²) >= 11 is 0. The molecule has 0 bridgehead atoms. The maximum absolute atomic E-state index is 11.7. The zero-order chi connectivity index (χ0) is 15.2. The van der Waals surface area contributed by atoms with Crippen LogP contribution in [0.4, 0.5) is 10.5 Å². The van der Waals surface area contributed by atoms with Crippen molar-refractivity contribution in [3.63, 3.8) is 0 Å². The number of anilines is 1. The van der Waals surface area contributed by atoms with Gasteiger partial charge in [-0.3, -0.25) is 4.98 Å². The molecule has 0 aliphatic rings. The molecule has 3 N–H and O–H groups in total. The van der Waals surface area contributed by atoms with E-state index in [0.29, 0.717) is 5.69 Å². The Balaban J connectivity index is 1.96. The normalized spacial score (nSPS) is 11.9. The number of para-hydroxylation sites is 1. The third-order valence-electron chi connectivity index (χ3n) is 2.86. The third-order valence-corrected chi connectivity index (χ3v) is 2.86. The molecule has 7 heteroatoms. The Kier molecular flexibility index (Phi) is 4.68. The number of amides is 2. The smallest absolute Gasteiger partial charge is 0.334 e. The second-order valence-corrected chi connectivity index (χ2v) is 4.31. The topological polar surface area (TPSA) is 101 Å². The highest BCUT2D eigenvalue weighted by Gasteiger charge is 2.17. The molecule has 0 saturated heterocycles. The van der Waals surface area contributed by atoms with Crippen molar-refractivity contribution in [1.82, 2.24) is 10.3 Å². The van der Waals surface area contributed by atoms with Crippen LogP contribution in [0, 0.1) is 0 Å². The number of pyridine rings is 1. The highest BCUT2D eigenvalue weighted by molar-refractivity contribution is 5.92. The van der Waals surface area contributed by atoms with Gasteiger partial charge in [0.1, 0.15) is 0 Å². The number of rotatable bonds is 5. The lowest BCUT2D eigenvalue weighted by atomic mass is 10.2. The van der Waals surface area contributed by atoms with Crippen LogP contribution < -0.4 is 10.6 Å². The SMILES string of the molecule is COC(CNC(=O)Nc1cnc2ccccc2c1)C(=O)O. The summed E-state index contributed by atoms with van der Waals surface area (Å²) in [6.07, 6.45) is 0.456. The highest BCUT2D eigenvalue weighted by atomic mass is 16.5. The third kappa shape index (κ3) is 3.90. The van der Waals surface area contributed by atoms with Gasteiger partial charge in [-0.1, -0.05) is 18.2 Å². The molecular formula is C14H15N3O4. The number of nitrogens with one attached hydrogen (secondary N) is 2. The molecular weight excluding hydrogens is 274 g/mol. The number of aliphatic carboxylic acids is 1. The summed E-state index contributed by atoms with van der Waals surface area (Å²) in [7, 11) is 1.27. The van der Waals surface area contributed by atoms with Crippen LogP contribution in [0.3, 0.4) is 0 Å². The van der Waals surface area contributed by atoms with E-state index in [2.05, 4.69) is 15.6 Å². The number of urea groups is 1. The van der Waals surface area contributed by atoms with E-state index in [9.17, 15) is 9.59 Å². The van der Waals surface area contributed by atoms with Crippen LogP contribution in [0.15, 0.2) is 36.5 Å². The molecule has 7 nitrogen and oxygen atoms in total. The Bertz CT molecular complexity index is 659. The van der Waals surface area contributed by atoms with Crippen molar-refractivity contribution in [3.8, 4) is 0 Å². The lowest BCUT2D eigenvalue weighted by molar-refractivity contribution is -0.147. The van der Waals surface area contributed by atoms with Crippen molar-refractivity contribution in [1.29, 1.82) is 0 Å². The molecule has 0 aliphatic carbocycles. The van der Waals surface area contributed by atoms with E-state index in [1.54, 1.807) is 6.07 Å². The van der Waals surface area contributed by atoms with Crippen LogP contribution in [0.1, 0.15) is 0 Å². The molecule has 1 unspecified atom stereocenters. The number of hydrogen-bond acceptors (Lipinski definition) is 4. The number of hydrogen-bond donors (Lipinski definition) is 3. The molecule has 0 saturated carbocycles. The van der Waals surface area contributed by atoms with Crippen LogP contribution in [0.25, 0.3) is 10.9 Å². The predicted octanol–water partition coefficient (Wildman–Crippen LogP) is 1.46. The minimum atomic E-state index is -1.13. The van der Waals surface area contributed by atoms with Gasteiger partial charge in [-0.25, -0.2) is 9.59 Å². The van der Waals surface area contributed by atoms with E-state index in [1.165, 1.54) is 13.3 Å². The molecule has 0 radical (unpaired) electrons. The van der Waals surface area contributed by atoms with E-state index in [4.69, 9.17) is 9.84 Å². The predicted molar refractivity (Wildman–Crippen MR) is 77.2 cm³/mol. The monoisotopic (exact) mass is 289 g/mol. The number of aromatic nitrogens is 1. The fraction of sp³-hybridized carbons (Fsp3) is 0.214. The molecule has 2 amide bonds. The van der Waals surface area contributed by atoms with Gasteiger partial charge in [0.25, 0.3) is 0 Å². The minimum Gasteiger partial charge on any atom is -0.479 e. The second-order valence-electron chi connectivity index (χ2n) is 4.31. The molecule has 21 heavy (non-hydrogen) atoms. The Morgan fingerprint density at radius 1 is 1.38 bits per heavy atom. The number of nitrogens with zero attached hydrogens (tertiary/aromatic N) is 1. The van der Waals surface area contributed by atoms with E-state index >= 15 is 0 Å². The van der Waals surface area contributed by atoms with Crippen LogP contribution >= 0.6 is 0 Å². The zero-order valence-electron chi connectivity index (χ0n) is 11.4. The molecule has 1 heterocycles. The Morgan fingerprint density at radius 3 is 2.86 bits per heavy atom. The van der Waals surface area contributed by atoms with Gasteiger partial charge in [-0.2, -0.15) is 0 Å². The lowest BCUT2D eigenvalue weighted by Crippen LogP contribution is -2.39. The fourth-order valence-corrected chi connectivity index (χ4v) is 1.77. The highest BCUT2D eigenvalue weighted by Crippen LogP contribution is 2.15. The van der Waals surface area contributed by atoms with E-state index in [0.717, 1.165) is 10.9 Å². The number of carboxylic acids is 1. The summed E-state index contributed by atoms with van der Waals surface area (Å²) in [5, 5.41) is 14.7. The van der Waals surface area contributed by atoms with Gasteiger partial charge >= 0.3 is 12.0 Å². The number of benzene rings is 1. The summed E-state index contributed by atoms with van der Waals surface area (Å²) in [5.74, 6) is -1.13. The summed E-state index contributed by atoms with van der Waals surface area (Å²) < 4.78 is 4.72. The average Bonchev–Trinajstić information content (AvgIpc) is 2.47. The average molecular weight is 289 g/mol. The molecule has 0 spiro atoms. The van der Waals surface area contributed by atoms with E-state index < -0.39 is 18.1 Å². The quantitative estimate of drug-likeness (QED) is 0.773. The van der Waals surface area contributed by atoms with Crippen LogP contribution in [0.2, 0.25) is 0 Å². The minimum absolute atomic E-state index is 0.126. The largest absolute Gasteiger partial charge is 0.479 e. The first-order valence-corrected chi connectivity index (χ1v) is 6.25. The van der Waals surface area contributed by atoms with Crippen molar-refractivity contribution < 1.29 is 19.4 Å². The van der Waals surface area contributed by atoms with Crippen molar-refractivity contribution in [3.05, 3.63) is 36.5 Å². The maximum Gasteiger partial charge on any atom is 0.334 e. The first-order valence-electron chi connectivity index (χ1n) is 6.25. The number of fused-ring (bicyclic) bond motifs is 1. The molecule has 1 aromatic heterocycles. The first-order chi connectivity index (χ1) is 10.1. The van der Waals surface area contributed by atoms with Gasteiger partial charge in [0.15, 0.2) is 6.10 Å². The van der Waals surface area contributed by atoms with Gasteiger partial charge in [0.2, 0.25) is 0 Å². The maximum atomic E-state index is 11.7. The van der Waals surface area contributed by atoms with E-state index in [1.807, 2.05) is 24.3 Å². The summed E-state index contributed by atoms with van der Waals surface area (Å²) in [6.45, 7) is -0.126. The van der Waals surface area contributed by atoms with Crippen LogP contribution in [-0.2, 0) is 9.53 Å². The number of carbonyl (C=O) groups is 2. The number of ether oxygens (including phenoxy) is 1. The van der Waals surface area contributed by atoms with Crippen molar-refractivity contribution in [2.24, 2.45) is 0 Å². The zero-order valence-corrected chi connectivity index (χ0v) is 11.4. The molecule has 0 fully saturated rings. The number of methoxy groups -OCH3 is 1. The number of carbonyl (C=O) groups excluding carboxylic acids is 1. The summed E-state index contributed by atoms with van der Waals surface area (Å²) in [5.41, 5.74) is 1.35. The van der Waals surface area contributed by atoms with Gasteiger partial charge in [0.05, 0.1) is 23.9 Å². The summed E-state index contributed by atoms with van der Waals surface area (Å²) in [6, 6.07) is 8.78. The molecule has 2 aromatic rings. The van der Waals surface area contributed by atoms with Gasteiger partial charge in [-0.05, 0) is 12.1 Å². The van der Waals surface area contributed by atoms with Crippen molar-refractivity contribution in [2.75, 3.05) is 19.0 Å². The molecule has 1 aromatic carbocycles. The Labute approximate surface area is 120 Å². The Hall–Kier alpha value is -2.67. The first kappa shape index (κ1) is 14.7. The van der Waals surface area contributed by atoms with E-state index in [-0.39, 0.29) is 6.54 Å². The van der Waals surface area contributed by atoms with Crippen LogP contribution in [-0.4, -0.2) is 41.8 Å². The van der Waals surface area contributed by atoms with Crippen molar-refractivity contribution in [2.45, 2.75) is 6.10 Å². The molecule has 110 valence electrons. The van der Waals surface area contributed by atoms with Gasteiger partial charge in [0, 0.05) is 12.5 Å². The summed E-state index contributed by atoms with van der Waals surface area (Å²) in [4.78, 5) is 26.6. The van der Waals surface area contributed by atoms with Gasteiger partial charge < -0.3 is 20.5 Å². The van der Waals surface area contributed by atoms with Crippen LogP contribution in [0.5, 0.6) is 0 Å². The molecule has 1 atom stereocenters. The lowest BCUT2D eigenvalue weighted by Gasteiger charge is -2.12. The Morgan fingerprint density at radius 2 is 2.14 bits per heavy atom. The second kappa shape index (κ2) is 6.67. The molecule has 0 aliphatic heterocycles. The number of carboxylic acid groups (broad SMARTS) is 1.